The molecule has 0 aromatic heterocycles. The van der Waals surface area contributed by atoms with Gasteiger partial charge in [0, 0.05) is 41.7 Å². The highest BCUT2D eigenvalue weighted by Gasteiger charge is 2.32. The second-order valence-corrected chi connectivity index (χ2v) is 7.64. The highest BCUT2D eigenvalue weighted by atomic mass is 19.4. The van der Waals surface area contributed by atoms with Gasteiger partial charge >= 0.3 is 6.18 Å². The van der Waals surface area contributed by atoms with Crippen LogP contribution in [0.3, 0.4) is 0 Å². The number of hydrogen-bond acceptors (Lipinski definition) is 4. The van der Waals surface area contributed by atoms with Crippen molar-refractivity contribution < 1.29 is 31.8 Å². The fourth-order valence-corrected chi connectivity index (χ4v) is 3.69. The van der Waals surface area contributed by atoms with Crippen LogP contribution in [0.15, 0.2) is 54.6 Å². The van der Waals surface area contributed by atoms with Gasteiger partial charge in [-0.05, 0) is 30.3 Å². The van der Waals surface area contributed by atoms with Crippen LogP contribution in [-0.2, 0) is 10.9 Å². The number of rotatable bonds is 6. The molecule has 0 aliphatic carbocycles. The van der Waals surface area contributed by atoms with E-state index in [-0.39, 0.29) is 0 Å². The van der Waals surface area contributed by atoms with E-state index in [0.29, 0.717) is 48.8 Å². The van der Waals surface area contributed by atoms with Gasteiger partial charge in [0.05, 0.1) is 18.8 Å². The van der Waals surface area contributed by atoms with Gasteiger partial charge in [0.1, 0.15) is 18.2 Å². The van der Waals surface area contributed by atoms with E-state index in [4.69, 9.17) is 9.47 Å². The van der Waals surface area contributed by atoms with Gasteiger partial charge in [-0.3, -0.25) is 9.69 Å². The van der Waals surface area contributed by atoms with E-state index >= 15 is 0 Å². The molecule has 174 valence electrons. The monoisotopic (exact) mass is 462 g/mol. The minimum atomic E-state index is -4.76. The van der Waals surface area contributed by atoms with Crippen LogP contribution in [0, 0.1) is 5.82 Å². The van der Waals surface area contributed by atoms with Crippen LogP contribution in [0.25, 0.3) is 10.8 Å². The van der Waals surface area contributed by atoms with Gasteiger partial charge in [0.15, 0.2) is 0 Å². The molecule has 0 atom stereocenters. The number of benzene rings is 3. The number of amides is 1. The summed E-state index contributed by atoms with van der Waals surface area (Å²) in [6.45, 7) is 4.33. The van der Waals surface area contributed by atoms with Crippen molar-refractivity contribution >= 4 is 22.4 Å². The summed E-state index contributed by atoms with van der Waals surface area (Å²) >= 11 is 0. The van der Waals surface area contributed by atoms with E-state index in [1.54, 1.807) is 24.3 Å². The Kier molecular flexibility index (Phi) is 6.80. The van der Waals surface area contributed by atoms with E-state index in [9.17, 15) is 22.4 Å². The lowest BCUT2D eigenvalue weighted by Gasteiger charge is -2.26. The molecule has 4 rings (SSSR count). The summed E-state index contributed by atoms with van der Waals surface area (Å²) in [5.41, 5.74) is -1.26. The highest BCUT2D eigenvalue weighted by Crippen LogP contribution is 2.33. The van der Waals surface area contributed by atoms with Crippen LogP contribution in [0.1, 0.15) is 15.9 Å². The molecular formula is C24H22F4N2O3. The van der Waals surface area contributed by atoms with Crippen molar-refractivity contribution in [3.63, 3.8) is 0 Å². The van der Waals surface area contributed by atoms with Crippen LogP contribution >= 0.6 is 0 Å². The Balaban J connectivity index is 1.52. The summed E-state index contributed by atoms with van der Waals surface area (Å²) in [5, 5.41) is 3.99. The molecule has 1 saturated heterocycles. The normalized spacial score (nSPS) is 14.9. The first kappa shape index (κ1) is 23.0. The third-order valence-corrected chi connectivity index (χ3v) is 5.39. The van der Waals surface area contributed by atoms with Crippen LogP contribution in [-0.4, -0.2) is 50.3 Å². The number of ether oxygens (including phenoxy) is 2. The predicted molar refractivity (Wildman–Crippen MR) is 116 cm³/mol. The molecule has 1 amide bonds. The largest absolute Gasteiger partial charge is 0.492 e. The number of morpholine rings is 1. The molecule has 0 spiro atoms. The third kappa shape index (κ3) is 5.61. The zero-order valence-electron chi connectivity index (χ0n) is 17.6. The first-order valence-corrected chi connectivity index (χ1v) is 10.4. The van der Waals surface area contributed by atoms with Crippen LogP contribution in [0.4, 0.5) is 23.2 Å². The van der Waals surface area contributed by atoms with Crippen LogP contribution in [0.5, 0.6) is 5.75 Å². The molecule has 0 unspecified atom stereocenters. The van der Waals surface area contributed by atoms with E-state index < -0.39 is 29.0 Å². The minimum absolute atomic E-state index is 0.356. The summed E-state index contributed by atoms with van der Waals surface area (Å²) < 4.78 is 64.0. The van der Waals surface area contributed by atoms with E-state index in [1.807, 2.05) is 12.1 Å². The Labute approximate surface area is 187 Å². The lowest BCUT2D eigenvalue weighted by atomic mass is 10.1. The second-order valence-electron chi connectivity index (χ2n) is 7.64. The molecule has 0 bridgehead atoms. The first-order valence-electron chi connectivity index (χ1n) is 10.4. The van der Waals surface area contributed by atoms with Crippen molar-refractivity contribution in [3.05, 3.63) is 71.5 Å². The molecular weight excluding hydrogens is 440 g/mol. The molecule has 1 heterocycles. The van der Waals surface area contributed by atoms with Gasteiger partial charge in [-0.15, -0.1) is 0 Å². The van der Waals surface area contributed by atoms with Crippen LogP contribution < -0.4 is 10.1 Å². The van der Waals surface area contributed by atoms with E-state index in [1.165, 1.54) is 0 Å². The Morgan fingerprint density at radius 3 is 2.48 bits per heavy atom. The topological polar surface area (TPSA) is 50.8 Å². The smallest absolute Gasteiger partial charge is 0.416 e. The van der Waals surface area contributed by atoms with Gasteiger partial charge < -0.3 is 14.8 Å². The Morgan fingerprint density at radius 2 is 1.76 bits per heavy atom. The average Bonchev–Trinajstić information content (AvgIpc) is 2.80. The molecule has 3 aromatic carbocycles. The molecule has 1 aliphatic heterocycles. The van der Waals surface area contributed by atoms with Gasteiger partial charge in [0.25, 0.3) is 5.91 Å². The molecule has 0 saturated carbocycles. The summed E-state index contributed by atoms with van der Waals surface area (Å²) in [4.78, 5) is 14.9. The number of halogens is 4. The summed E-state index contributed by atoms with van der Waals surface area (Å²) in [6, 6.07) is 12.3. The Bertz CT molecular complexity index is 1140. The molecule has 0 radical (unpaired) electrons. The molecule has 3 aromatic rings. The number of fused-ring (bicyclic) bond motifs is 1. The number of nitrogens with one attached hydrogen (secondary N) is 1. The van der Waals surface area contributed by atoms with Gasteiger partial charge in [-0.25, -0.2) is 4.39 Å². The summed E-state index contributed by atoms with van der Waals surface area (Å²) in [6.07, 6.45) is -4.76. The lowest BCUT2D eigenvalue weighted by molar-refractivity contribution is -0.137. The number of alkyl halides is 3. The van der Waals surface area contributed by atoms with Crippen LogP contribution in [0.2, 0.25) is 0 Å². The van der Waals surface area contributed by atoms with Crippen molar-refractivity contribution in [2.45, 2.75) is 6.18 Å². The van der Waals surface area contributed by atoms with E-state index in [2.05, 4.69) is 10.2 Å². The average molecular weight is 462 g/mol. The fourth-order valence-electron chi connectivity index (χ4n) is 3.69. The molecule has 9 heteroatoms. The molecule has 1 N–H and O–H groups in total. The first-order chi connectivity index (χ1) is 15.8. The van der Waals surface area contributed by atoms with Crippen molar-refractivity contribution in [2.24, 2.45) is 0 Å². The van der Waals surface area contributed by atoms with Crippen molar-refractivity contribution in [3.8, 4) is 5.75 Å². The molecule has 1 aliphatic rings. The highest BCUT2D eigenvalue weighted by molar-refractivity contribution is 6.10. The zero-order valence-corrected chi connectivity index (χ0v) is 17.6. The molecule has 1 fully saturated rings. The van der Waals surface area contributed by atoms with Crippen molar-refractivity contribution in [2.75, 3.05) is 44.8 Å². The fraction of sp³-hybridized carbons (Fsp3) is 0.292. The molecule has 5 nitrogen and oxygen atoms in total. The van der Waals surface area contributed by atoms with Crippen molar-refractivity contribution in [1.82, 2.24) is 4.90 Å². The Morgan fingerprint density at radius 1 is 1.03 bits per heavy atom. The number of nitrogens with zero attached hydrogens (tertiary/aromatic N) is 1. The van der Waals surface area contributed by atoms with Gasteiger partial charge in [0.2, 0.25) is 0 Å². The number of hydrogen-bond donors (Lipinski definition) is 1. The van der Waals surface area contributed by atoms with Gasteiger partial charge in [-0.2, -0.15) is 13.2 Å². The summed E-state index contributed by atoms with van der Waals surface area (Å²) in [5.74, 6) is -1.35. The quantitative estimate of drug-likeness (QED) is 0.526. The SMILES string of the molecule is O=C(Nc1ccc(OCCN2CCOCC2)c2ccccc12)c1cc(F)cc(C(F)(F)F)c1. The van der Waals surface area contributed by atoms with Gasteiger partial charge in [-0.1, -0.05) is 24.3 Å². The molecule has 33 heavy (non-hydrogen) atoms. The number of carbonyl (C=O) groups excluding carboxylic acids is 1. The second kappa shape index (κ2) is 9.76. The maximum Gasteiger partial charge on any atom is 0.416 e. The maximum atomic E-state index is 13.7. The van der Waals surface area contributed by atoms with Crippen molar-refractivity contribution in [1.29, 1.82) is 0 Å². The predicted octanol–water partition coefficient (Wildman–Crippen LogP) is 4.96. The number of anilines is 1. The Hall–Kier alpha value is -3.17. The third-order valence-electron chi connectivity index (χ3n) is 5.39. The lowest BCUT2D eigenvalue weighted by Crippen LogP contribution is -2.38. The maximum absolute atomic E-state index is 13.7. The van der Waals surface area contributed by atoms with E-state index in [0.717, 1.165) is 31.1 Å². The number of carbonyl (C=O) groups is 1. The zero-order chi connectivity index (χ0) is 23.4. The standard InChI is InChI=1S/C24H22F4N2O3/c25-18-14-16(13-17(15-18)24(26,27)28)23(31)29-21-5-6-22(20-4-2-1-3-19(20)21)33-12-9-30-7-10-32-11-8-30/h1-6,13-15H,7-12H2,(H,29,31). The minimum Gasteiger partial charge on any atom is -0.492 e. The summed E-state index contributed by atoms with van der Waals surface area (Å²) in [7, 11) is 0.